The van der Waals surface area contributed by atoms with Crippen molar-refractivity contribution in [2.24, 2.45) is 0 Å². The first-order valence-electron chi connectivity index (χ1n) is 10.7. The van der Waals surface area contributed by atoms with E-state index in [4.69, 9.17) is 16.3 Å². The molecule has 1 spiro atoms. The number of halogens is 1. The Bertz CT molecular complexity index is 1230. The fraction of sp³-hybridized carbons (Fsp3) is 0.231. The predicted octanol–water partition coefficient (Wildman–Crippen LogP) is 5.25. The van der Waals surface area contributed by atoms with Crippen LogP contribution in [0.15, 0.2) is 66.7 Å². The molecule has 3 aromatic carbocycles. The van der Waals surface area contributed by atoms with Crippen molar-refractivity contribution in [1.82, 2.24) is 4.90 Å². The average molecular weight is 479 g/mol. The maximum atomic E-state index is 14.1. The number of methoxy groups -OCH3 is 1. The standard InChI is InChI=1S/C26H23ClN2O3S/c1-17-3-5-18(6-4-17)16-28-23-12-11-21(32-2)15-22(23)26(25(28)31)29(13-14-33-26)24(30)19-7-9-20(27)10-8-19/h3-12,15H,13-14,16H2,1-2H3/t26-/m0/s1. The molecule has 33 heavy (non-hydrogen) atoms. The molecule has 5 rings (SSSR count). The molecule has 0 radical (unpaired) electrons. The summed E-state index contributed by atoms with van der Waals surface area (Å²) in [5, 5.41) is 0.563. The number of nitrogens with zero attached hydrogens (tertiary/aromatic N) is 2. The summed E-state index contributed by atoms with van der Waals surface area (Å²) in [5.41, 5.74) is 4.31. The number of aryl methyl sites for hydroxylation is 1. The van der Waals surface area contributed by atoms with Gasteiger partial charge in [-0.3, -0.25) is 9.59 Å². The number of carbonyl (C=O) groups is 2. The average Bonchev–Trinajstić information content (AvgIpc) is 3.37. The van der Waals surface area contributed by atoms with Crippen LogP contribution in [0.4, 0.5) is 5.69 Å². The second-order valence-corrected chi connectivity index (χ2v) is 9.94. The number of amides is 2. The van der Waals surface area contributed by atoms with Crippen LogP contribution in [0.25, 0.3) is 0 Å². The Balaban J connectivity index is 1.60. The summed E-state index contributed by atoms with van der Waals surface area (Å²) in [6.07, 6.45) is 0. The molecule has 2 aliphatic heterocycles. The Morgan fingerprint density at radius 1 is 1.09 bits per heavy atom. The molecule has 2 aliphatic rings. The summed E-state index contributed by atoms with van der Waals surface area (Å²) in [5.74, 6) is 1.04. The van der Waals surface area contributed by atoms with Crippen LogP contribution in [0.5, 0.6) is 5.75 Å². The zero-order valence-corrected chi connectivity index (χ0v) is 19.9. The van der Waals surface area contributed by atoms with Gasteiger partial charge in [0.25, 0.3) is 11.8 Å². The summed E-state index contributed by atoms with van der Waals surface area (Å²) >= 11 is 7.53. The topological polar surface area (TPSA) is 49.9 Å². The third-order valence-corrected chi connectivity index (χ3v) is 7.87. The van der Waals surface area contributed by atoms with Gasteiger partial charge in [-0.1, -0.05) is 41.4 Å². The van der Waals surface area contributed by atoms with Crippen LogP contribution < -0.4 is 9.64 Å². The highest BCUT2D eigenvalue weighted by Crippen LogP contribution is 2.55. The number of thioether (sulfide) groups is 1. The Morgan fingerprint density at radius 2 is 1.82 bits per heavy atom. The number of carbonyl (C=O) groups excluding carboxylic acids is 2. The molecule has 1 fully saturated rings. The van der Waals surface area contributed by atoms with Crippen LogP contribution in [-0.2, 0) is 16.2 Å². The molecule has 0 N–H and O–H groups in total. The molecular weight excluding hydrogens is 456 g/mol. The maximum absolute atomic E-state index is 14.1. The monoisotopic (exact) mass is 478 g/mol. The van der Waals surface area contributed by atoms with E-state index in [2.05, 4.69) is 0 Å². The van der Waals surface area contributed by atoms with E-state index in [1.807, 2.05) is 49.4 Å². The van der Waals surface area contributed by atoms with Crippen molar-refractivity contribution < 1.29 is 14.3 Å². The summed E-state index contributed by atoms with van der Waals surface area (Å²) in [6.45, 7) is 2.95. The lowest BCUT2D eigenvalue weighted by Crippen LogP contribution is -2.50. The Labute approximate surface area is 202 Å². The molecule has 1 atom stereocenters. The van der Waals surface area contributed by atoms with E-state index in [0.29, 0.717) is 35.2 Å². The molecule has 2 heterocycles. The highest BCUT2D eigenvalue weighted by molar-refractivity contribution is 8.01. The highest BCUT2D eigenvalue weighted by Gasteiger charge is 2.59. The van der Waals surface area contributed by atoms with Gasteiger partial charge < -0.3 is 14.5 Å². The van der Waals surface area contributed by atoms with Gasteiger partial charge in [0.05, 0.1) is 19.3 Å². The molecule has 0 aromatic heterocycles. The number of hydrogen-bond acceptors (Lipinski definition) is 4. The molecule has 0 saturated carbocycles. The van der Waals surface area contributed by atoms with Crippen LogP contribution in [0.3, 0.4) is 0 Å². The van der Waals surface area contributed by atoms with Crippen LogP contribution in [0, 0.1) is 6.92 Å². The lowest BCUT2D eigenvalue weighted by Gasteiger charge is -2.33. The van der Waals surface area contributed by atoms with Crippen molar-refractivity contribution in [3.8, 4) is 5.75 Å². The summed E-state index contributed by atoms with van der Waals surface area (Å²) in [7, 11) is 1.60. The summed E-state index contributed by atoms with van der Waals surface area (Å²) in [6, 6.07) is 20.6. The molecule has 0 bridgehead atoms. The summed E-state index contributed by atoms with van der Waals surface area (Å²) in [4.78, 5) is 30.1. The van der Waals surface area contributed by atoms with Gasteiger partial charge in [-0.05, 0) is 55.0 Å². The van der Waals surface area contributed by atoms with Gasteiger partial charge in [0.15, 0.2) is 4.87 Å². The normalized spacial score (nSPS) is 19.3. The first-order chi connectivity index (χ1) is 15.9. The van der Waals surface area contributed by atoms with Crippen LogP contribution in [-0.4, -0.2) is 36.1 Å². The molecule has 7 heteroatoms. The highest BCUT2D eigenvalue weighted by atomic mass is 35.5. The van der Waals surface area contributed by atoms with E-state index in [1.54, 1.807) is 41.2 Å². The number of benzene rings is 3. The lowest BCUT2D eigenvalue weighted by molar-refractivity contribution is -0.123. The van der Waals surface area contributed by atoms with E-state index in [-0.39, 0.29) is 11.8 Å². The van der Waals surface area contributed by atoms with Crippen molar-refractivity contribution in [3.05, 3.63) is 94.0 Å². The minimum Gasteiger partial charge on any atom is -0.497 e. The fourth-order valence-electron chi connectivity index (χ4n) is 4.50. The zero-order valence-electron chi connectivity index (χ0n) is 18.4. The van der Waals surface area contributed by atoms with Gasteiger partial charge in [-0.25, -0.2) is 0 Å². The van der Waals surface area contributed by atoms with E-state index in [0.717, 1.165) is 16.8 Å². The van der Waals surface area contributed by atoms with E-state index in [9.17, 15) is 9.59 Å². The molecule has 0 aliphatic carbocycles. The largest absolute Gasteiger partial charge is 0.497 e. The smallest absolute Gasteiger partial charge is 0.268 e. The van der Waals surface area contributed by atoms with Crippen molar-refractivity contribution in [2.75, 3.05) is 24.3 Å². The fourth-order valence-corrected chi connectivity index (χ4v) is 6.08. The van der Waals surface area contributed by atoms with Gasteiger partial charge in [0.2, 0.25) is 0 Å². The van der Waals surface area contributed by atoms with E-state index >= 15 is 0 Å². The van der Waals surface area contributed by atoms with E-state index in [1.165, 1.54) is 17.3 Å². The van der Waals surface area contributed by atoms with Gasteiger partial charge in [0, 0.05) is 28.4 Å². The van der Waals surface area contributed by atoms with Gasteiger partial charge in [0.1, 0.15) is 5.75 Å². The minimum atomic E-state index is -1.12. The van der Waals surface area contributed by atoms with Crippen molar-refractivity contribution in [3.63, 3.8) is 0 Å². The first-order valence-corrected chi connectivity index (χ1v) is 12.1. The van der Waals surface area contributed by atoms with Crippen molar-refractivity contribution in [1.29, 1.82) is 0 Å². The predicted molar refractivity (Wildman–Crippen MR) is 132 cm³/mol. The number of anilines is 1. The number of ether oxygens (including phenoxy) is 1. The van der Waals surface area contributed by atoms with E-state index < -0.39 is 4.87 Å². The third-order valence-electron chi connectivity index (χ3n) is 6.20. The SMILES string of the molecule is COc1ccc2c(c1)[C@]1(SCCN1C(=O)c1ccc(Cl)cc1)C(=O)N2Cc1ccc(C)cc1. The zero-order chi connectivity index (χ0) is 23.2. The molecule has 168 valence electrons. The Hall–Kier alpha value is -2.96. The molecule has 0 unspecified atom stereocenters. The first kappa shape index (κ1) is 21.9. The second-order valence-electron chi connectivity index (χ2n) is 8.22. The van der Waals surface area contributed by atoms with Crippen LogP contribution in [0.2, 0.25) is 5.02 Å². The van der Waals surface area contributed by atoms with Gasteiger partial charge >= 0.3 is 0 Å². The minimum absolute atomic E-state index is 0.101. The third kappa shape index (κ3) is 3.58. The second kappa shape index (κ2) is 8.43. The molecule has 3 aromatic rings. The number of hydrogen-bond donors (Lipinski definition) is 0. The quantitative estimate of drug-likeness (QED) is 0.514. The van der Waals surface area contributed by atoms with Gasteiger partial charge in [-0.2, -0.15) is 0 Å². The van der Waals surface area contributed by atoms with Crippen LogP contribution >= 0.6 is 23.4 Å². The Morgan fingerprint density at radius 3 is 2.52 bits per heavy atom. The van der Waals surface area contributed by atoms with Crippen molar-refractivity contribution >= 4 is 40.9 Å². The van der Waals surface area contributed by atoms with Crippen LogP contribution in [0.1, 0.15) is 27.0 Å². The van der Waals surface area contributed by atoms with Crippen molar-refractivity contribution in [2.45, 2.75) is 18.3 Å². The summed E-state index contributed by atoms with van der Waals surface area (Å²) < 4.78 is 5.48. The number of rotatable bonds is 4. The Kier molecular flexibility index (Phi) is 5.59. The lowest BCUT2D eigenvalue weighted by atomic mass is 10.0. The number of fused-ring (bicyclic) bond motifs is 2. The van der Waals surface area contributed by atoms with Gasteiger partial charge in [-0.15, -0.1) is 11.8 Å². The maximum Gasteiger partial charge on any atom is 0.268 e. The molecule has 1 saturated heterocycles. The molecular formula is C26H23ClN2O3S. The molecule has 5 nitrogen and oxygen atoms in total. The molecule has 2 amide bonds.